The number of fused-ring (bicyclic) bond motifs is 2. The Morgan fingerprint density at radius 2 is 0.964 bits per heavy atom. The first-order chi connectivity index (χ1) is 13.9. The Balaban J connectivity index is 1.59. The second-order valence-electron chi connectivity index (χ2n) is 7.41. The Hall–Kier alpha value is -3.38. The van der Waals surface area contributed by atoms with Crippen molar-refractivity contribution in [1.82, 2.24) is 0 Å². The van der Waals surface area contributed by atoms with Crippen LogP contribution in [0.2, 0.25) is 0 Å². The smallest absolute Gasteiger partial charge is 0.00486 e. The van der Waals surface area contributed by atoms with E-state index < -0.39 is 0 Å². The van der Waals surface area contributed by atoms with E-state index in [4.69, 9.17) is 0 Å². The van der Waals surface area contributed by atoms with E-state index in [0.717, 1.165) is 12.8 Å². The molecule has 0 spiro atoms. The summed E-state index contributed by atoms with van der Waals surface area (Å²) in [6.07, 6.45) is 10.7. The molecule has 0 N–H and O–H groups in total. The molecule has 0 saturated carbocycles. The van der Waals surface area contributed by atoms with Crippen LogP contribution in [0.5, 0.6) is 0 Å². The predicted octanol–water partition coefficient (Wildman–Crippen LogP) is 7.20. The van der Waals surface area contributed by atoms with Gasteiger partial charge in [0.15, 0.2) is 0 Å². The summed E-state index contributed by atoms with van der Waals surface area (Å²) >= 11 is 0. The van der Waals surface area contributed by atoms with Gasteiger partial charge in [0.25, 0.3) is 0 Å². The lowest BCUT2D eigenvalue weighted by molar-refractivity contribution is 1.04. The van der Waals surface area contributed by atoms with Gasteiger partial charge in [-0.05, 0) is 51.1 Å². The van der Waals surface area contributed by atoms with Crippen molar-refractivity contribution in [3.05, 3.63) is 132 Å². The molecule has 4 aromatic rings. The lowest BCUT2D eigenvalue weighted by Gasteiger charge is -2.14. The maximum atomic E-state index is 2.27. The molecule has 0 aliphatic heterocycles. The van der Waals surface area contributed by atoms with Crippen molar-refractivity contribution in [1.29, 1.82) is 0 Å². The van der Waals surface area contributed by atoms with Gasteiger partial charge in [-0.25, -0.2) is 0 Å². The topological polar surface area (TPSA) is 0 Å². The van der Waals surface area contributed by atoms with Crippen LogP contribution in [-0.2, 0) is 12.8 Å². The van der Waals surface area contributed by atoms with E-state index in [1.807, 2.05) is 0 Å². The first-order valence-electron chi connectivity index (χ1n) is 9.88. The molecule has 5 rings (SSSR count). The van der Waals surface area contributed by atoms with Gasteiger partial charge in [0, 0.05) is 0 Å². The summed E-state index contributed by atoms with van der Waals surface area (Å²) in [4.78, 5) is 0. The molecule has 0 amide bonds. The highest BCUT2D eigenvalue weighted by Crippen LogP contribution is 2.28. The summed E-state index contributed by atoms with van der Waals surface area (Å²) in [5.41, 5.74) is 5.61. The van der Waals surface area contributed by atoms with E-state index in [0.29, 0.717) is 0 Å². The SMILES string of the molecule is C1=CC(=C(Cc2cccc3ccccc23)Cc2cccc3ccccc23)C=C1. The van der Waals surface area contributed by atoms with Crippen LogP contribution in [0, 0.1) is 0 Å². The van der Waals surface area contributed by atoms with Gasteiger partial charge in [-0.2, -0.15) is 0 Å². The summed E-state index contributed by atoms with van der Waals surface area (Å²) < 4.78 is 0. The molecule has 4 aromatic carbocycles. The first kappa shape index (κ1) is 16.8. The van der Waals surface area contributed by atoms with Gasteiger partial charge < -0.3 is 0 Å². The molecule has 0 heteroatoms. The largest absolute Gasteiger partial charge is 0.0617 e. The molecule has 0 heterocycles. The van der Waals surface area contributed by atoms with Crippen LogP contribution in [0.4, 0.5) is 0 Å². The van der Waals surface area contributed by atoms with Gasteiger partial charge in [0.05, 0.1) is 0 Å². The van der Waals surface area contributed by atoms with E-state index in [-0.39, 0.29) is 0 Å². The van der Waals surface area contributed by atoms with Crippen LogP contribution in [0.1, 0.15) is 11.1 Å². The Morgan fingerprint density at radius 3 is 1.50 bits per heavy atom. The third-order valence-electron chi connectivity index (χ3n) is 5.64. The van der Waals surface area contributed by atoms with Crippen LogP contribution in [-0.4, -0.2) is 0 Å². The average molecular weight is 358 g/mol. The quantitative estimate of drug-likeness (QED) is 0.362. The monoisotopic (exact) mass is 358 g/mol. The maximum absolute atomic E-state index is 2.27. The number of hydrogen-bond donors (Lipinski definition) is 0. The van der Waals surface area contributed by atoms with E-state index in [1.54, 1.807) is 0 Å². The van der Waals surface area contributed by atoms with Gasteiger partial charge in [-0.3, -0.25) is 0 Å². The van der Waals surface area contributed by atoms with Gasteiger partial charge in [0.2, 0.25) is 0 Å². The predicted molar refractivity (Wildman–Crippen MR) is 121 cm³/mol. The van der Waals surface area contributed by atoms with Crippen molar-refractivity contribution >= 4 is 21.5 Å². The van der Waals surface area contributed by atoms with Crippen molar-refractivity contribution in [2.45, 2.75) is 12.8 Å². The zero-order valence-electron chi connectivity index (χ0n) is 15.8. The molecule has 0 atom stereocenters. The highest BCUT2D eigenvalue weighted by molar-refractivity contribution is 5.87. The zero-order valence-corrected chi connectivity index (χ0v) is 15.8. The summed E-state index contributed by atoms with van der Waals surface area (Å²) in [6.45, 7) is 0. The van der Waals surface area contributed by atoms with Crippen molar-refractivity contribution < 1.29 is 0 Å². The Labute approximate surface area is 166 Å². The van der Waals surface area contributed by atoms with E-state index >= 15 is 0 Å². The van der Waals surface area contributed by atoms with Gasteiger partial charge in [-0.1, -0.05) is 115 Å². The summed E-state index contributed by atoms with van der Waals surface area (Å²) in [6, 6.07) is 30.7. The molecule has 1 aliphatic carbocycles. The fraction of sp³-hybridized carbons (Fsp3) is 0.0714. The molecule has 1 aliphatic rings. The lowest BCUT2D eigenvalue weighted by atomic mass is 9.90. The molecule has 0 fully saturated rings. The number of hydrogen-bond acceptors (Lipinski definition) is 0. The minimum absolute atomic E-state index is 0.967. The number of benzene rings is 4. The molecule has 0 radical (unpaired) electrons. The standard InChI is InChI=1S/C28H22/c1-2-10-21(9-1)26(19-24-15-7-13-22-11-3-5-17-27(22)24)20-25-16-8-14-23-12-4-6-18-28(23)25/h1-18H,19-20H2. The molecule has 0 saturated heterocycles. The van der Waals surface area contributed by atoms with Gasteiger partial charge in [0.1, 0.15) is 0 Å². The normalized spacial score (nSPS) is 12.9. The average Bonchev–Trinajstić information content (AvgIpc) is 3.29. The second-order valence-corrected chi connectivity index (χ2v) is 7.41. The Morgan fingerprint density at radius 1 is 0.500 bits per heavy atom. The van der Waals surface area contributed by atoms with Crippen LogP contribution in [0.25, 0.3) is 21.5 Å². The highest BCUT2D eigenvalue weighted by atomic mass is 14.2. The minimum Gasteiger partial charge on any atom is -0.0617 e. The van der Waals surface area contributed by atoms with Crippen molar-refractivity contribution in [3.63, 3.8) is 0 Å². The number of rotatable bonds is 4. The molecule has 28 heavy (non-hydrogen) atoms. The van der Waals surface area contributed by atoms with Crippen LogP contribution >= 0.6 is 0 Å². The molecular formula is C28H22. The van der Waals surface area contributed by atoms with Gasteiger partial charge in [-0.15, -0.1) is 0 Å². The third kappa shape index (κ3) is 3.18. The van der Waals surface area contributed by atoms with E-state index in [9.17, 15) is 0 Å². The summed E-state index contributed by atoms with van der Waals surface area (Å²) in [7, 11) is 0. The fourth-order valence-corrected chi connectivity index (χ4v) is 4.23. The van der Waals surface area contributed by atoms with Crippen LogP contribution < -0.4 is 0 Å². The Bertz CT molecular complexity index is 1140. The highest BCUT2D eigenvalue weighted by Gasteiger charge is 2.11. The van der Waals surface area contributed by atoms with Crippen LogP contribution in [0.3, 0.4) is 0 Å². The molecule has 134 valence electrons. The molecule has 0 bridgehead atoms. The van der Waals surface area contributed by atoms with E-state index in [1.165, 1.54) is 43.8 Å². The van der Waals surface area contributed by atoms with Gasteiger partial charge >= 0.3 is 0 Å². The minimum atomic E-state index is 0.967. The van der Waals surface area contributed by atoms with E-state index in [2.05, 4.69) is 109 Å². The maximum Gasteiger partial charge on any atom is -0.00486 e. The molecule has 0 aromatic heterocycles. The number of allylic oxidation sites excluding steroid dienone is 6. The fourth-order valence-electron chi connectivity index (χ4n) is 4.23. The van der Waals surface area contributed by atoms with Crippen molar-refractivity contribution in [2.75, 3.05) is 0 Å². The van der Waals surface area contributed by atoms with Crippen molar-refractivity contribution in [3.8, 4) is 0 Å². The first-order valence-corrected chi connectivity index (χ1v) is 9.88. The third-order valence-corrected chi connectivity index (χ3v) is 5.64. The molecular weight excluding hydrogens is 336 g/mol. The summed E-state index contributed by atoms with van der Waals surface area (Å²) in [5, 5.41) is 5.33. The van der Waals surface area contributed by atoms with Crippen LogP contribution in [0.15, 0.2) is 120 Å². The second kappa shape index (κ2) is 7.32. The molecule has 0 nitrogen and oxygen atoms in total. The lowest BCUT2D eigenvalue weighted by Crippen LogP contribution is -2.00. The zero-order chi connectivity index (χ0) is 18.8. The van der Waals surface area contributed by atoms with Crippen molar-refractivity contribution in [2.24, 2.45) is 0 Å². The Kier molecular flexibility index (Phi) is 4.39. The molecule has 0 unspecified atom stereocenters. The summed E-state index contributed by atoms with van der Waals surface area (Å²) in [5.74, 6) is 0.